The standard InChI is InChI=1S/C68H96O10/c1-9-13-17-21-25-51-37-55-45-59-41-53(27-23-19-15-11-3)43-61(65(59)75-33-35-77-67(71)49(5)6)47-57-39-52(26-22-18-14-10-2)40-58(64(57)74-32-30-70)48-62-44-54(28-24-20-16-12-4)42-60(46-56(38-51)63(55)73-31-29-69)66(62)76-34-36-78-68(72)50(7)8/h37-44,69-70H,5,7,9-36,45-48H2,1-4,6,8H3. The number of rotatable bonds is 36. The number of ether oxygens (including phenoxy) is 6. The van der Waals surface area contributed by atoms with Crippen LogP contribution in [0.25, 0.3) is 0 Å². The minimum absolute atomic E-state index is 0.0485. The third-order valence-corrected chi connectivity index (χ3v) is 14.5. The van der Waals surface area contributed by atoms with E-state index in [2.05, 4.69) is 89.4 Å². The number of hydrogen-bond donors (Lipinski definition) is 2. The molecule has 0 aromatic heterocycles. The molecule has 8 bridgehead atoms. The monoisotopic (exact) mass is 1070 g/mol. The van der Waals surface area contributed by atoms with E-state index in [-0.39, 0.29) is 52.9 Å². The highest BCUT2D eigenvalue weighted by Gasteiger charge is 2.25. The second-order valence-electron chi connectivity index (χ2n) is 21.6. The number of esters is 2. The van der Waals surface area contributed by atoms with Crippen LogP contribution in [0.1, 0.15) is 211 Å². The van der Waals surface area contributed by atoms with Crippen molar-refractivity contribution in [3.63, 3.8) is 0 Å². The van der Waals surface area contributed by atoms with Gasteiger partial charge in [0.15, 0.2) is 0 Å². The molecule has 1 aliphatic carbocycles. The summed E-state index contributed by atoms with van der Waals surface area (Å²) in [4.78, 5) is 25.3. The Labute approximate surface area is 469 Å². The summed E-state index contributed by atoms with van der Waals surface area (Å²) >= 11 is 0. The van der Waals surface area contributed by atoms with E-state index in [4.69, 9.17) is 28.4 Å². The first kappa shape index (κ1) is 63.3. The number of fused-ring (bicyclic) bond motifs is 8. The van der Waals surface area contributed by atoms with Crippen LogP contribution in [0, 0.1) is 0 Å². The van der Waals surface area contributed by atoms with Crippen LogP contribution in [0.2, 0.25) is 0 Å². The summed E-state index contributed by atoms with van der Waals surface area (Å²) in [6.07, 6.45) is 23.4. The average molecular weight is 1070 g/mol. The van der Waals surface area contributed by atoms with Gasteiger partial charge < -0.3 is 38.6 Å². The Balaban J connectivity index is 1.90. The summed E-state index contributed by atoms with van der Waals surface area (Å²) in [6.45, 7) is 20.1. The fourth-order valence-electron chi connectivity index (χ4n) is 10.6. The van der Waals surface area contributed by atoms with E-state index in [1.165, 1.54) is 47.9 Å². The summed E-state index contributed by atoms with van der Waals surface area (Å²) in [5.74, 6) is 2.02. The molecule has 0 atom stereocenters. The number of carbonyl (C=O) groups excluding carboxylic acids is 2. The average Bonchev–Trinajstić information content (AvgIpc) is 3.43. The quantitative estimate of drug-likeness (QED) is 0.0227. The zero-order chi connectivity index (χ0) is 56.1. The molecule has 5 rings (SSSR count). The Morgan fingerprint density at radius 3 is 0.808 bits per heavy atom. The van der Waals surface area contributed by atoms with Crippen LogP contribution in [0.15, 0.2) is 72.8 Å². The Kier molecular flexibility index (Phi) is 28.5. The minimum atomic E-state index is -0.459. The molecule has 10 heteroatoms. The molecule has 4 aromatic carbocycles. The second kappa shape index (κ2) is 35.1. The smallest absolute Gasteiger partial charge is 0.333 e. The van der Waals surface area contributed by atoms with Gasteiger partial charge in [-0.25, -0.2) is 9.59 Å². The molecule has 10 nitrogen and oxygen atoms in total. The molecule has 0 unspecified atom stereocenters. The zero-order valence-corrected chi connectivity index (χ0v) is 48.8. The number of aliphatic hydroxyl groups excluding tert-OH is 2. The first-order valence-corrected chi connectivity index (χ1v) is 29.9. The topological polar surface area (TPSA) is 130 Å². The molecule has 0 saturated heterocycles. The van der Waals surface area contributed by atoms with Crippen molar-refractivity contribution in [2.45, 2.75) is 196 Å². The molecular formula is C68H96O10. The summed E-state index contributed by atoms with van der Waals surface area (Å²) < 4.78 is 38.7. The first-order valence-electron chi connectivity index (χ1n) is 29.9. The number of unbranched alkanes of at least 4 members (excludes halogenated alkanes) is 12. The molecule has 428 valence electrons. The minimum Gasteiger partial charge on any atom is -0.491 e. The van der Waals surface area contributed by atoms with Crippen LogP contribution in [0.5, 0.6) is 23.0 Å². The molecule has 0 aliphatic heterocycles. The summed E-state index contributed by atoms with van der Waals surface area (Å²) in [6, 6.07) is 18.4. The van der Waals surface area contributed by atoms with Crippen molar-refractivity contribution in [2.75, 3.05) is 52.9 Å². The van der Waals surface area contributed by atoms with Crippen molar-refractivity contribution >= 4 is 11.9 Å². The third-order valence-electron chi connectivity index (χ3n) is 14.5. The first-order chi connectivity index (χ1) is 37.9. The maximum absolute atomic E-state index is 12.7. The fourth-order valence-corrected chi connectivity index (χ4v) is 10.6. The van der Waals surface area contributed by atoms with Crippen molar-refractivity contribution in [1.82, 2.24) is 0 Å². The van der Waals surface area contributed by atoms with Gasteiger partial charge in [0.1, 0.15) is 62.6 Å². The van der Waals surface area contributed by atoms with Crippen LogP contribution in [-0.2, 0) is 70.4 Å². The van der Waals surface area contributed by atoms with Crippen molar-refractivity contribution in [3.05, 3.63) is 140 Å². The number of hydrogen-bond acceptors (Lipinski definition) is 10. The highest BCUT2D eigenvalue weighted by Crippen LogP contribution is 2.42. The van der Waals surface area contributed by atoms with E-state index in [1.54, 1.807) is 13.8 Å². The molecule has 0 radical (unpaired) electrons. The lowest BCUT2D eigenvalue weighted by Gasteiger charge is -2.25. The molecule has 0 heterocycles. The molecule has 0 spiro atoms. The number of benzene rings is 4. The lowest BCUT2D eigenvalue weighted by molar-refractivity contribution is -0.140. The molecule has 0 fully saturated rings. The summed E-state index contributed by atoms with van der Waals surface area (Å²) in [7, 11) is 0. The summed E-state index contributed by atoms with van der Waals surface area (Å²) in [5.41, 5.74) is 13.5. The Hall–Kier alpha value is -5.58. The van der Waals surface area contributed by atoms with Gasteiger partial charge in [-0.2, -0.15) is 0 Å². The molecular weight excluding hydrogens is 977 g/mol. The van der Waals surface area contributed by atoms with E-state index in [1.807, 2.05) is 0 Å². The van der Waals surface area contributed by atoms with Gasteiger partial charge in [-0.05, 0) is 132 Å². The molecule has 78 heavy (non-hydrogen) atoms. The molecule has 4 aromatic rings. The van der Waals surface area contributed by atoms with Crippen molar-refractivity contribution in [2.24, 2.45) is 0 Å². The molecule has 0 saturated carbocycles. The van der Waals surface area contributed by atoms with Crippen molar-refractivity contribution in [3.8, 4) is 23.0 Å². The predicted molar refractivity (Wildman–Crippen MR) is 316 cm³/mol. The van der Waals surface area contributed by atoms with Gasteiger partial charge in [0, 0.05) is 36.8 Å². The number of carbonyl (C=O) groups is 2. The maximum Gasteiger partial charge on any atom is 0.333 e. The highest BCUT2D eigenvalue weighted by molar-refractivity contribution is 5.87. The van der Waals surface area contributed by atoms with Crippen molar-refractivity contribution in [1.29, 1.82) is 0 Å². The van der Waals surface area contributed by atoms with Gasteiger partial charge in [0.05, 0.1) is 13.2 Å². The van der Waals surface area contributed by atoms with Gasteiger partial charge >= 0.3 is 11.9 Å². The van der Waals surface area contributed by atoms with Gasteiger partial charge in [-0.1, -0.05) is 166 Å². The van der Waals surface area contributed by atoms with E-state index in [0.29, 0.717) is 36.8 Å². The number of aliphatic hydroxyl groups is 2. The van der Waals surface area contributed by atoms with Crippen LogP contribution in [0.4, 0.5) is 0 Å². The Morgan fingerprint density at radius 1 is 0.372 bits per heavy atom. The van der Waals surface area contributed by atoms with Crippen LogP contribution in [0.3, 0.4) is 0 Å². The van der Waals surface area contributed by atoms with Gasteiger partial charge in [0.25, 0.3) is 0 Å². The number of aryl methyl sites for hydroxylation is 4. The van der Waals surface area contributed by atoms with Gasteiger partial charge in [-0.15, -0.1) is 0 Å². The lowest BCUT2D eigenvalue weighted by Crippen LogP contribution is -2.16. The predicted octanol–water partition coefficient (Wildman–Crippen LogP) is 14.6. The van der Waals surface area contributed by atoms with E-state index >= 15 is 0 Å². The largest absolute Gasteiger partial charge is 0.491 e. The van der Waals surface area contributed by atoms with Crippen LogP contribution in [-0.4, -0.2) is 75.0 Å². The summed E-state index contributed by atoms with van der Waals surface area (Å²) in [5, 5.41) is 20.9. The van der Waals surface area contributed by atoms with E-state index in [0.717, 1.165) is 170 Å². The van der Waals surface area contributed by atoms with E-state index < -0.39 is 11.9 Å². The molecule has 1 aliphatic rings. The zero-order valence-electron chi connectivity index (χ0n) is 48.8. The van der Waals surface area contributed by atoms with Gasteiger partial charge in [-0.3, -0.25) is 0 Å². The Bertz CT molecular complexity index is 2250. The van der Waals surface area contributed by atoms with E-state index in [9.17, 15) is 19.8 Å². The Morgan fingerprint density at radius 2 is 0.603 bits per heavy atom. The highest BCUT2D eigenvalue weighted by atomic mass is 16.6. The van der Waals surface area contributed by atoms with Crippen LogP contribution >= 0.6 is 0 Å². The molecule has 2 N–H and O–H groups in total. The molecule has 0 amide bonds. The maximum atomic E-state index is 12.7. The lowest BCUT2D eigenvalue weighted by atomic mass is 9.87. The van der Waals surface area contributed by atoms with Gasteiger partial charge in [0.2, 0.25) is 0 Å². The van der Waals surface area contributed by atoms with Crippen LogP contribution < -0.4 is 18.9 Å². The normalized spacial score (nSPS) is 12.0. The third kappa shape index (κ3) is 20.6. The SMILES string of the molecule is C=C(C)C(=O)OCCOc1c2cc(CCCCCC)cc1Cc1cc(CCCCCC)cc(c1OCCO)Cc1cc(CCCCCC)cc(c1OCCOC(=O)C(=C)C)Cc1cc(CCCCCC)cc(c1OCCO)C2. The fraction of sp³-hybridized carbons (Fsp3) is 0.559. The van der Waals surface area contributed by atoms with Crippen molar-refractivity contribution < 1.29 is 48.2 Å². The second-order valence-corrected chi connectivity index (χ2v) is 21.6.